The van der Waals surface area contributed by atoms with Crippen molar-refractivity contribution in [2.24, 2.45) is 0 Å². The summed E-state index contributed by atoms with van der Waals surface area (Å²) in [6.45, 7) is 5.84. The molecule has 2 N–H and O–H groups in total. The van der Waals surface area contributed by atoms with E-state index in [9.17, 15) is 9.90 Å². The van der Waals surface area contributed by atoms with Crippen molar-refractivity contribution in [2.75, 3.05) is 13.2 Å². The number of aliphatic hydroxyl groups is 1. The van der Waals surface area contributed by atoms with Gasteiger partial charge in [0.05, 0.1) is 12.0 Å². The largest absolute Gasteiger partial charge is 0.512 e. The zero-order chi connectivity index (χ0) is 11.8. The van der Waals surface area contributed by atoms with Gasteiger partial charge in [-0.3, -0.25) is 0 Å². The van der Waals surface area contributed by atoms with Crippen molar-refractivity contribution in [3.05, 3.63) is 11.3 Å². The molecule has 0 saturated carbocycles. The average Bonchev–Trinajstić information content (AvgIpc) is 2.17. The molecule has 0 aromatic carbocycles. The third-order valence-corrected chi connectivity index (χ3v) is 1.82. The Hall–Kier alpha value is -1.07. The standard InChI is InChI=1S/C10H18O5/c1-4-14-9(15-5-2)6-8(11)7(3)10(12)13/h9,11H,4-6H2,1-3H3,(H,12,13). The number of aliphatic hydroxyl groups excluding tert-OH is 1. The molecule has 0 fully saturated rings. The molecular weight excluding hydrogens is 200 g/mol. The van der Waals surface area contributed by atoms with E-state index in [-0.39, 0.29) is 17.8 Å². The average molecular weight is 218 g/mol. The molecule has 0 aromatic heterocycles. The van der Waals surface area contributed by atoms with Gasteiger partial charge in [0.2, 0.25) is 0 Å². The maximum Gasteiger partial charge on any atom is 0.334 e. The third kappa shape index (κ3) is 5.39. The van der Waals surface area contributed by atoms with Crippen LogP contribution in [0.3, 0.4) is 0 Å². The van der Waals surface area contributed by atoms with E-state index in [2.05, 4.69) is 0 Å². The van der Waals surface area contributed by atoms with Crippen molar-refractivity contribution in [1.29, 1.82) is 0 Å². The highest BCUT2D eigenvalue weighted by molar-refractivity contribution is 5.86. The Labute approximate surface area is 89.3 Å². The minimum atomic E-state index is -1.14. The molecule has 5 heteroatoms. The minimum Gasteiger partial charge on any atom is -0.512 e. The molecule has 0 aliphatic heterocycles. The molecule has 0 atom stereocenters. The molecule has 0 saturated heterocycles. The van der Waals surface area contributed by atoms with E-state index in [1.54, 1.807) is 13.8 Å². The lowest BCUT2D eigenvalue weighted by atomic mass is 10.2. The number of carbonyl (C=O) groups is 1. The van der Waals surface area contributed by atoms with Crippen molar-refractivity contribution in [2.45, 2.75) is 33.5 Å². The molecule has 0 radical (unpaired) electrons. The van der Waals surface area contributed by atoms with E-state index < -0.39 is 12.3 Å². The van der Waals surface area contributed by atoms with Crippen LogP contribution in [0.1, 0.15) is 27.2 Å². The van der Waals surface area contributed by atoms with Crippen LogP contribution in [0, 0.1) is 0 Å². The minimum absolute atomic E-state index is 0.0554. The maximum absolute atomic E-state index is 10.5. The first-order valence-corrected chi connectivity index (χ1v) is 4.88. The van der Waals surface area contributed by atoms with Crippen LogP contribution in [-0.2, 0) is 14.3 Å². The second kappa shape index (κ2) is 7.25. The summed E-state index contributed by atoms with van der Waals surface area (Å²) in [5, 5.41) is 18.1. The first-order valence-electron chi connectivity index (χ1n) is 4.88. The molecular formula is C10H18O5. The summed E-state index contributed by atoms with van der Waals surface area (Å²) in [4.78, 5) is 10.5. The van der Waals surface area contributed by atoms with Gasteiger partial charge in [0.25, 0.3) is 0 Å². The maximum atomic E-state index is 10.5. The topological polar surface area (TPSA) is 76.0 Å². The van der Waals surface area contributed by atoms with Gasteiger partial charge >= 0.3 is 5.97 Å². The van der Waals surface area contributed by atoms with Crippen LogP contribution in [-0.4, -0.2) is 35.7 Å². The fourth-order valence-electron chi connectivity index (χ4n) is 0.972. The summed E-state index contributed by atoms with van der Waals surface area (Å²) in [7, 11) is 0. The van der Waals surface area contributed by atoms with Crippen LogP contribution in [0.25, 0.3) is 0 Å². The van der Waals surface area contributed by atoms with Gasteiger partial charge in [-0.2, -0.15) is 0 Å². The monoisotopic (exact) mass is 218 g/mol. The quantitative estimate of drug-likeness (QED) is 0.386. The molecule has 0 heterocycles. The second-order valence-electron chi connectivity index (χ2n) is 2.92. The molecule has 5 nitrogen and oxygen atoms in total. The van der Waals surface area contributed by atoms with Gasteiger partial charge in [0.1, 0.15) is 5.76 Å². The number of aliphatic carboxylic acids is 1. The fourth-order valence-corrected chi connectivity index (χ4v) is 0.972. The predicted octanol–water partition coefficient (Wildman–Crippen LogP) is 1.69. The lowest BCUT2D eigenvalue weighted by Crippen LogP contribution is -2.19. The molecule has 0 amide bonds. The van der Waals surface area contributed by atoms with Crippen LogP contribution in [0.5, 0.6) is 0 Å². The van der Waals surface area contributed by atoms with Crippen molar-refractivity contribution in [3.8, 4) is 0 Å². The van der Waals surface area contributed by atoms with Gasteiger partial charge in [-0.25, -0.2) is 4.79 Å². The van der Waals surface area contributed by atoms with E-state index >= 15 is 0 Å². The Kier molecular flexibility index (Phi) is 6.73. The molecule has 0 rings (SSSR count). The first-order chi connectivity index (χ1) is 7.02. The summed E-state index contributed by atoms with van der Waals surface area (Å²) in [5.41, 5.74) is -0.0839. The van der Waals surface area contributed by atoms with Crippen LogP contribution in [0.15, 0.2) is 11.3 Å². The van der Waals surface area contributed by atoms with Crippen LogP contribution >= 0.6 is 0 Å². The second-order valence-corrected chi connectivity index (χ2v) is 2.92. The lowest BCUT2D eigenvalue weighted by molar-refractivity contribution is -0.139. The Balaban J connectivity index is 4.38. The van der Waals surface area contributed by atoms with Crippen molar-refractivity contribution in [1.82, 2.24) is 0 Å². The van der Waals surface area contributed by atoms with Gasteiger partial charge in [-0.15, -0.1) is 0 Å². The van der Waals surface area contributed by atoms with Crippen LogP contribution < -0.4 is 0 Å². The lowest BCUT2D eigenvalue weighted by Gasteiger charge is -2.16. The molecule has 0 aliphatic carbocycles. The number of carboxylic acid groups (broad SMARTS) is 1. The summed E-state index contributed by atoms with van der Waals surface area (Å²) in [6.07, 6.45) is -0.533. The normalized spacial score (nSPS) is 12.8. The summed E-state index contributed by atoms with van der Waals surface area (Å²) in [5.74, 6) is -1.35. The van der Waals surface area contributed by atoms with Gasteiger partial charge in [-0.05, 0) is 20.8 Å². The molecule has 15 heavy (non-hydrogen) atoms. The SMILES string of the molecule is CCOC(CC(O)=C(C)C(=O)O)OCC. The summed E-state index contributed by atoms with van der Waals surface area (Å²) < 4.78 is 10.3. The summed E-state index contributed by atoms with van der Waals surface area (Å²) in [6, 6.07) is 0. The Morgan fingerprint density at radius 2 is 1.67 bits per heavy atom. The number of hydrogen-bond acceptors (Lipinski definition) is 4. The highest BCUT2D eigenvalue weighted by atomic mass is 16.7. The smallest absolute Gasteiger partial charge is 0.334 e. The third-order valence-electron chi connectivity index (χ3n) is 1.82. The molecule has 0 aliphatic rings. The molecule has 88 valence electrons. The Bertz CT molecular complexity index is 228. The predicted molar refractivity (Wildman–Crippen MR) is 54.6 cm³/mol. The van der Waals surface area contributed by atoms with Crippen LogP contribution in [0.2, 0.25) is 0 Å². The molecule has 0 aromatic rings. The molecule has 0 bridgehead atoms. The number of carboxylic acids is 1. The fraction of sp³-hybridized carbons (Fsp3) is 0.700. The molecule has 0 unspecified atom stereocenters. The van der Waals surface area contributed by atoms with E-state index in [0.29, 0.717) is 13.2 Å². The van der Waals surface area contributed by atoms with Gasteiger partial charge in [0, 0.05) is 13.2 Å². The van der Waals surface area contributed by atoms with Gasteiger partial charge in [-0.1, -0.05) is 0 Å². The van der Waals surface area contributed by atoms with Crippen molar-refractivity contribution >= 4 is 5.97 Å². The van der Waals surface area contributed by atoms with E-state index in [0.717, 1.165) is 0 Å². The van der Waals surface area contributed by atoms with Crippen molar-refractivity contribution in [3.63, 3.8) is 0 Å². The Morgan fingerprint density at radius 3 is 2.00 bits per heavy atom. The number of rotatable bonds is 7. The van der Waals surface area contributed by atoms with Gasteiger partial charge < -0.3 is 19.7 Å². The highest BCUT2D eigenvalue weighted by Crippen LogP contribution is 2.12. The van der Waals surface area contributed by atoms with E-state index in [4.69, 9.17) is 14.6 Å². The highest BCUT2D eigenvalue weighted by Gasteiger charge is 2.15. The van der Waals surface area contributed by atoms with E-state index in [1.165, 1.54) is 6.92 Å². The number of ether oxygens (including phenoxy) is 2. The summed E-state index contributed by atoms with van der Waals surface area (Å²) >= 11 is 0. The zero-order valence-corrected chi connectivity index (χ0v) is 9.32. The van der Waals surface area contributed by atoms with Crippen LogP contribution in [0.4, 0.5) is 0 Å². The van der Waals surface area contributed by atoms with Gasteiger partial charge in [0.15, 0.2) is 6.29 Å². The van der Waals surface area contributed by atoms with Crippen molar-refractivity contribution < 1.29 is 24.5 Å². The number of hydrogen-bond donors (Lipinski definition) is 2. The molecule has 0 spiro atoms. The van der Waals surface area contributed by atoms with E-state index in [1.807, 2.05) is 0 Å². The first kappa shape index (κ1) is 13.9. The zero-order valence-electron chi connectivity index (χ0n) is 9.32. The Morgan fingerprint density at radius 1 is 1.20 bits per heavy atom.